The van der Waals surface area contributed by atoms with E-state index >= 15 is 0 Å². The van der Waals surface area contributed by atoms with Gasteiger partial charge >= 0.3 is 6.36 Å². The van der Waals surface area contributed by atoms with Gasteiger partial charge in [-0.3, -0.25) is 4.79 Å². The number of aromatic nitrogens is 2. The summed E-state index contributed by atoms with van der Waals surface area (Å²) in [5.41, 5.74) is 0.227. The van der Waals surface area contributed by atoms with Crippen molar-refractivity contribution in [1.82, 2.24) is 14.5 Å². The Labute approximate surface area is 148 Å². The highest BCUT2D eigenvalue weighted by atomic mass is 19.4. The van der Waals surface area contributed by atoms with Crippen molar-refractivity contribution in [2.24, 2.45) is 0 Å². The number of nitrogens with zero attached hydrogens (tertiary/aromatic N) is 3. The smallest absolute Gasteiger partial charge is 0.406 e. The molecule has 0 N–H and O–H groups in total. The summed E-state index contributed by atoms with van der Waals surface area (Å²) in [6, 6.07) is 5.81. The summed E-state index contributed by atoms with van der Waals surface area (Å²) in [6.07, 6.45) is 4.18. The minimum atomic E-state index is -4.77. The summed E-state index contributed by atoms with van der Waals surface area (Å²) in [5.74, 6) is -0.599. The van der Waals surface area contributed by atoms with E-state index in [-0.39, 0.29) is 29.3 Å². The van der Waals surface area contributed by atoms with Crippen molar-refractivity contribution in [3.8, 4) is 5.75 Å². The molecule has 1 amide bonds. The van der Waals surface area contributed by atoms with Crippen molar-refractivity contribution in [1.29, 1.82) is 0 Å². The summed E-state index contributed by atoms with van der Waals surface area (Å²) >= 11 is 0. The van der Waals surface area contributed by atoms with Crippen LogP contribution < -0.4 is 4.74 Å². The first-order valence-corrected chi connectivity index (χ1v) is 8.56. The van der Waals surface area contributed by atoms with Gasteiger partial charge in [0.1, 0.15) is 5.75 Å². The first kappa shape index (κ1) is 16.9. The van der Waals surface area contributed by atoms with Crippen molar-refractivity contribution in [3.05, 3.63) is 48.5 Å². The van der Waals surface area contributed by atoms with Crippen molar-refractivity contribution in [2.75, 3.05) is 0 Å². The highest BCUT2D eigenvalue weighted by Gasteiger charge is 2.44. The zero-order chi connectivity index (χ0) is 18.3. The van der Waals surface area contributed by atoms with Crippen LogP contribution in [-0.4, -0.2) is 38.8 Å². The number of alkyl halides is 3. The highest BCUT2D eigenvalue weighted by Crippen LogP contribution is 2.41. The van der Waals surface area contributed by atoms with Gasteiger partial charge in [0.05, 0.1) is 6.33 Å². The number of hydrogen-bond donors (Lipinski definition) is 0. The number of rotatable bonds is 3. The molecule has 0 saturated carbocycles. The lowest BCUT2D eigenvalue weighted by Crippen LogP contribution is -2.46. The van der Waals surface area contributed by atoms with Crippen LogP contribution in [0, 0.1) is 0 Å². The van der Waals surface area contributed by atoms with Gasteiger partial charge in [-0.25, -0.2) is 4.98 Å². The van der Waals surface area contributed by atoms with Gasteiger partial charge in [0.25, 0.3) is 5.91 Å². The fraction of sp³-hybridized carbons (Fsp3) is 0.444. The number of carbonyl (C=O) groups is 1. The summed E-state index contributed by atoms with van der Waals surface area (Å²) in [6.45, 7) is 0. The Bertz CT molecular complexity index is 777. The molecule has 26 heavy (non-hydrogen) atoms. The lowest BCUT2D eigenvalue weighted by molar-refractivity contribution is -0.274. The summed E-state index contributed by atoms with van der Waals surface area (Å²) < 4.78 is 43.3. The van der Waals surface area contributed by atoms with Gasteiger partial charge in [-0.05, 0) is 43.9 Å². The van der Waals surface area contributed by atoms with Gasteiger partial charge in [-0.1, -0.05) is 6.07 Å². The Kier molecular flexibility index (Phi) is 4.13. The quantitative estimate of drug-likeness (QED) is 0.831. The second-order valence-electron chi connectivity index (χ2n) is 6.81. The summed E-state index contributed by atoms with van der Waals surface area (Å²) in [4.78, 5) is 18.9. The molecule has 138 valence electrons. The van der Waals surface area contributed by atoms with Crippen LogP contribution in [0.25, 0.3) is 0 Å². The lowest BCUT2D eigenvalue weighted by atomic mass is 9.96. The Balaban J connectivity index is 1.52. The van der Waals surface area contributed by atoms with E-state index < -0.39 is 6.36 Å². The van der Waals surface area contributed by atoms with Crippen LogP contribution in [0.2, 0.25) is 0 Å². The third-order valence-electron chi connectivity index (χ3n) is 5.20. The van der Waals surface area contributed by atoms with Crippen molar-refractivity contribution in [2.45, 2.75) is 50.2 Å². The molecule has 2 fully saturated rings. The zero-order valence-electron chi connectivity index (χ0n) is 13.9. The van der Waals surface area contributed by atoms with E-state index in [0.717, 1.165) is 31.7 Å². The molecule has 2 unspecified atom stereocenters. The Morgan fingerprint density at radius 1 is 1.15 bits per heavy atom. The normalized spacial score (nSPS) is 25.3. The number of carbonyl (C=O) groups excluding carboxylic acids is 1. The minimum Gasteiger partial charge on any atom is -0.406 e. The number of hydrogen-bond acceptors (Lipinski definition) is 3. The second kappa shape index (κ2) is 6.34. The van der Waals surface area contributed by atoms with E-state index in [9.17, 15) is 18.0 Å². The van der Waals surface area contributed by atoms with Crippen LogP contribution >= 0.6 is 0 Å². The number of piperidine rings is 1. The maximum absolute atomic E-state index is 12.9. The minimum absolute atomic E-state index is 0.0980. The summed E-state index contributed by atoms with van der Waals surface area (Å²) in [5, 5.41) is 0. The van der Waals surface area contributed by atoms with E-state index in [1.165, 1.54) is 18.2 Å². The van der Waals surface area contributed by atoms with E-state index in [1.54, 1.807) is 12.5 Å². The predicted molar refractivity (Wildman–Crippen MR) is 86.6 cm³/mol. The number of fused-ring (bicyclic) bond motifs is 2. The fourth-order valence-corrected chi connectivity index (χ4v) is 4.18. The van der Waals surface area contributed by atoms with Gasteiger partial charge < -0.3 is 14.2 Å². The monoisotopic (exact) mass is 365 g/mol. The zero-order valence-corrected chi connectivity index (χ0v) is 13.9. The maximum Gasteiger partial charge on any atom is 0.573 e. The predicted octanol–water partition coefficient (Wildman–Crippen LogP) is 3.79. The molecule has 5 nitrogen and oxygen atoms in total. The standard InChI is InChI=1S/C18H18F3N3O2/c19-18(20,21)26-16-3-1-2-12(8-16)17(25)24-13-4-5-14(24)10-15(9-13)23-7-6-22-11-23/h1-3,6-8,11,13-15H,4-5,9-10H2. The molecule has 2 atom stereocenters. The molecule has 2 aliphatic heterocycles. The molecule has 0 spiro atoms. The molecule has 1 aromatic carbocycles. The topological polar surface area (TPSA) is 47.4 Å². The molecule has 4 rings (SSSR count). The molecule has 2 aliphatic rings. The molecule has 2 bridgehead atoms. The molecule has 0 radical (unpaired) electrons. The van der Waals surface area contributed by atoms with Gasteiger partial charge in [0, 0.05) is 36.1 Å². The second-order valence-corrected chi connectivity index (χ2v) is 6.81. The van der Waals surface area contributed by atoms with Crippen LogP contribution in [0.15, 0.2) is 43.0 Å². The first-order chi connectivity index (χ1) is 12.4. The van der Waals surface area contributed by atoms with E-state index in [2.05, 4.69) is 14.3 Å². The molecule has 0 aliphatic carbocycles. The largest absolute Gasteiger partial charge is 0.573 e. The SMILES string of the molecule is O=C(c1cccc(OC(F)(F)F)c1)N1C2CCC1CC(n1ccnc1)C2. The molecule has 2 saturated heterocycles. The van der Waals surface area contributed by atoms with Crippen molar-refractivity contribution in [3.63, 3.8) is 0 Å². The third kappa shape index (κ3) is 3.27. The van der Waals surface area contributed by atoms with Gasteiger partial charge in [-0.2, -0.15) is 0 Å². The van der Waals surface area contributed by atoms with Crippen LogP contribution in [-0.2, 0) is 0 Å². The van der Waals surface area contributed by atoms with Gasteiger partial charge in [0.15, 0.2) is 0 Å². The maximum atomic E-state index is 12.9. The Morgan fingerprint density at radius 2 is 1.88 bits per heavy atom. The van der Waals surface area contributed by atoms with E-state index in [1.807, 2.05) is 11.1 Å². The Morgan fingerprint density at radius 3 is 2.50 bits per heavy atom. The molecule has 8 heteroatoms. The molecular formula is C18H18F3N3O2. The average molecular weight is 365 g/mol. The van der Waals surface area contributed by atoms with Gasteiger partial charge in [-0.15, -0.1) is 13.2 Å². The van der Waals surface area contributed by atoms with Crippen LogP contribution in [0.5, 0.6) is 5.75 Å². The van der Waals surface area contributed by atoms with Crippen molar-refractivity contribution >= 4 is 5.91 Å². The number of benzene rings is 1. The number of amides is 1. The average Bonchev–Trinajstić information content (AvgIpc) is 3.20. The fourth-order valence-electron chi connectivity index (χ4n) is 4.18. The van der Waals surface area contributed by atoms with Crippen LogP contribution in [0.4, 0.5) is 13.2 Å². The molecular weight excluding hydrogens is 347 g/mol. The van der Waals surface area contributed by atoms with Gasteiger partial charge in [0.2, 0.25) is 0 Å². The van der Waals surface area contributed by atoms with Crippen LogP contribution in [0.3, 0.4) is 0 Å². The Hall–Kier alpha value is -2.51. The number of imidazole rings is 1. The number of ether oxygens (including phenoxy) is 1. The van der Waals surface area contributed by atoms with E-state index in [4.69, 9.17) is 0 Å². The lowest BCUT2D eigenvalue weighted by Gasteiger charge is -2.39. The van der Waals surface area contributed by atoms with Crippen LogP contribution in [0.1, 0.15) is 42.1 Å². The highest BCUT2D eigenvalue weighted by molar-refractivity contribution is 5.95. The summed E-state index contributed by atoms with van der Waals surface area (Å²) in [7, 11) is 0. The first-order valence-electron chi connectivity index (χ1n) is 8.56. The third-order valence-corrected chi connectivity index (χ3v) is 5.20. The molecule has 3 heterocycles. The number of halogens is 3. The van der Waals surface area contributed by atoms with E-state index in [0.29, 0.717) is 6.04 Å². The van der Waals surface area contributed by atoms with Crippen molar-refractivity contribution < 1.29 is 22.7 Å². The molecule has 2 aromatic rings. The molecule has 1 aromatic heterocycles.